The van der Waals surface area contributed by atoms with Crippen molar-refractivity contribution in [2.45, 2.75) is 12.2 Å². The van der Waals surface area contributed by atoms with Crippen LogP contribution in [0, 0.1) is 0 Å². The molecule has 0 atom stereocenters. The van der Waals surface area contributed by atoms with Crippen molar-refractivity contribution >= 4 is 15.2 Å². The van der Waals surface area contributed by atoms with E-state index >= 15 is 0 Å². The van der Waals surface area contributed by atoms with Gasteiger partial charge in [0.15, 0.2) is 0 Å². The van der Waals surface area contributed by atoms with Gasteiger partial charge < -0.3 is 29.0 Å². The zero-order chi connectivity index (χ0) is 17.8. The number of rotatable bonds is 7. The molecule has 4 N–H and O–H groups in total. The Bertz CT molecular complexity index is 728. The maximum Gasteiger partial charge on any atom is 0.378 e. The average Bonchev–Trinajstić information content (AvgIpc) is 2.50. The molecule has 130 valence electrons. The maximum atomic E-state index is 11.2. The Morgan fingerprint density at radius 1 is 0.792 bits per heavy atom. The summed E-state index contributed by atoms with van der Waals surface area (Å²) in [6.07, 6.45) is 0. The van der Waals surface area contributed by atoms with Gasteiger partial charge in [0.25, 0.3) is 5.59 Å². The number of hydrogen-bond donors (Lipinski definition) is 4. The lowest BCUT2D eigenvalue weighted by Gasteiger charge is -2.20. The van der Waals surface area contributed by atoms with E-state index in [0.29, 0.717) is 12.4 Å². The Kier molecular flexibility index (Phi) is 5.83. The molecule has 0 amide bonds. The van der Waals surface area contributed by atoms with Crippen molar-refractivity contribution < 1.29 is 38.2 Å². The van der Waals surface area contributed by atoms with Crippen LogP contribution in [0.25, 0.3) is 0 Å². The van der Waals surface area contributed by atoms with Crippen LogP contribution in [0.3, 0.4) is 0 Å². The minimum absolute atomic E-state index is 0.0984. The molecule has 0 radical (unpaired) electrons. The van der Waals surface area contributed by atoms with Gasteiger partial charge in [-0.25, -0.2) is 0 Å². The van der Waals surface area contributed by atoms with Crippen LogP contribution in [0.1, 0.15) is 5.56 Å². The molecule has 24 heavy (non-hydrogen) atoms. The fraction of sp³-hybridized carbons (Fsp3) is 0.143. The SMILES string of the molecule is O=P(O)(O)C(Oc1ccc(OCc2ccccc2)cc1)P(=O)(O)O. The molecule has 8 nitrogen and oxygen atoms in total. The van der Waals surface area contributed by atoms with E-state index in [1.165, 1.54) is 24.3 Å². The van der Waals surface area contributed by atoms with Gasteiger partial charge in [0.05, 0.1) is 0 Å². The van der Waals surface area contributed by atoms with Gasteiger partial charge in [-0.05, 0) is 29.8 Å². The van der Waals surface area contributed by atoms with Crippen LogP contribution in [-0.2, 0) is 15.7 Å². The van der Waals surface area contributed by atoms with E-state index in [2.05, 4.69) is 0 Å². The molecule has 0 aliphatic rings. The molecule has 0 saturated carbocycles. The summed E-state index contributed by atoms with van der Waals surface area (Å²) < 4.78 is 32.6. The summed E-state index contributed by atoms with van der Waals surface area (Å²) in [5.41, 5.74) is -1.58. The molecule has 0 aliphatic carbocycles. The Morgan fingerprint density at radius 3 is 1.79 bits per heavy atom. The molecule has 2 aromatic rings. The first-order valence-electron chi connectivity index (χ1n) is 6.70. The van der Waals surface area contributed by atoms with Gasteiger partial charge >= 0.3 is 15.2 Å². The quantitative estimate of drug-likeness (QED) is 0.543. The summed E-state index contributed by atoms with van der Waals surface area (Å²) in [5, 5.41) is 0. The van der Waals surface area contributed by atoms with Crippen molar-refractivity contribution in [1.82, 2.24) is 0 Å². The zero-order valence-corrected chi connectivity index (χ0v) is 14.1. The highest BCUT2D eigenvalue weighted by Crippen LogP contribution is 2.60. The second kappa shape index (κ2) is 7.49. The van der Waals surface area contributed by atoms with Crippen molar-refractivity contribution in [3.8, 4) is 11.5 Å². The van der Waals surface area contributed by atoms with Crippen molar-refractivity contribution in [3.63, 3.8) is 0 Å². The Balaban J connectivity index is 2.03. The van der Waals surface area contributed by atoms with E-state index in [-0.39, 0.29) is 5.75 Å². The highest BCUT2D eigenvalue weighted by Gasteiger charge is 2.45. The Morgan fingerprint density at radius 2 is 1.29 bits per heavy atom. The van der Waals surface area contributed by atoms with Gasteiger partial charge in [0.1, 0.15) is 18.1 Å². The van der Waals surface area contributed by atoms with Gasteiger partial charge in [-0.3, -0.25) is 9.13 Å². The van der Waals surface area contributed by atoms with Gasteiger partial charge in [-0.15, -0.1) is 0 Å². The number of hydrogen-bond acceptors (Lipinski definition) is 4. The lowest BCUT2D eigenvalue weighted by atomic mass is 10.2. The lowest BCUT2D eigenvalue weighted by molar-refractivity contribution is 0.235. The smallest absolute Gasteiger partial charge is 0.378 e. The molecule has 10 heteroatoms. The van der Waals surface area contributed by atoms with E-state index in [0.717, 1.165) is 5.56 Å². The Labute approximate surface area is 138 Å². The molecule has 0 saturated heterocycles. The van der Waals surface area contributed by atoms with Gasteiger partial charge in [-0.2, -0.15) is 0 Å². The highest BCUT2D eigenvalue weighted by molar-refractivity contribution is 7.70. The zero-order valence-electron chi connectivity index (χ0n) is 12.3. The lowest BCUT2D eigenvalue weighted by Crippen LogP contribution is -2.17. The first-order chi connectivity index (χ1) is 11.2. The summed E-state index contributed by atoms with van der Waals surface area (Å²) in [6, 6.07) is 15.0. The van der Waals surface area contributed by atoms with Gasteiger partial charge in [-0.1, -0.05) is 30.3 Å². The van der Waals surface area contributed by atoms with E-state index in [4.69, 9.17) is 29.0 Å². The van der Waals surface area contributed by atoms with E-state index in [9.17, 15) is 9.13 Å². The minimum atomic E-state index is -5.14. The van der Waals surface area contributed by atoms with Gasteiger partial charge in [0, 0.05) is 0 Å². The average molecular weight is 374 g/mol. The first kappa shape index (κ1) is 18.7. The molecule has 0 heterocycles. The van der Waals surface area contributed by atoms with E-state index in [1.54, 1.807) is 0 Å². The first-order valence-corrected chi connectivity index (χ1v) is 10.1. The number of benzene rings is 2. The molecule has 0 fully saturated rings. The van der Waals surface area contributed by atoms with Crippen LogP contribution < -0.4 is 9.47 Å². The summed E-state index contributed by atoms with van der Waals surface area (Å²) in [5.74, 6) is 0.369. The van der Waals surface area contributed by atoms with Crippen LogP contribution >= 0.6 is 15.2 Å². The third-order valence-corrected chi connectivity index (χ3v) is 6.06. The van der Waals surface area contributed by atoms with Crippen LogP contribution in [0.15, 0.2) is 54.6 Å². The van der Waals surface area contributed by atoms with Crippen LogP contribution in [0.5, 0.6) is 11.5 Å². The van der Waals surface area contributed by atoms with Crippen molar-refractivity contribution in [3.05, 3.63) is 60.2 Å². The third kappa shape index (κ3) is 5.46. The maximum absolute atomic E-state index is 11.2. The molecule has 0 spiro atoms. The summed E-state index contributed by atoms with van der Waals surface area (Å²) in [4.78, 5) is 36.0. The van der Waals surface area contributed by atoms with E-state index < -0.39 is 20.8 Å². The minimum Gasteiger partial charge on any atom is -0.489 e. The summed E-state index contributed by atoms with van der Waals surface area (Å²) in [7, 11) is -10.3. The molecule has 2 aromatic carbocycles. The largest absolute Gasteiger partial charge is 0.489 e. The molecular formula is C14H16O8P2. The van der Waals surface area contributed by atoms with Crippen molar-refractivity contribution in [2.75, 3.05) is 0 Å². The second-order valence-electron chi connectivity index (χ2n) is 4.87. The molecule has 0 unspecified atom stereocenters. The molecule has 0 aromatic heterocycles. The topological polar surface area (TPSA) is 134 Å². The summed E-state index contributed by atoms with van der Waals surface area (Å²) >= 11 is 0. The fourth-order valence-corrected chi connectivity index (χ4v) is 3.90. The standard InChI is InChI=1S/C14H16O8P2/c15-23(16,17)14(24(18,19)20)22-13-8-6-12(7-9-13)21-10-11-4-2-1-3-5-11/h1-9,14H,10H2,(H2,15,16,17)(H2,18,19,20). The highest BCUT2D eigenvalue weighted by atomic mass is 31.2. The van der Waals surface area contributed by atoms with Crippen LogP contribution in [0.2, 0.25) is 0 Å². The molecule has 0 bridgehead atoms. The van der Waals surface area contributed by atoms with Gasteiger partial charge in [0.2, 0.25) is 0 Å². The predicted octanol–water partition coefficient (Wildman–Crippen LogP) is 2.28. The third-order valence-electron chi connectivity index (χ3n) is 2.89. The molecular weight excluding hydrogens is 358 g/mol. The second-order valence-corrected chi connectivity index (χ2v) is 8.57. The molecule has 0 aliphatic heterocycles. The van der Waals surface area contributed by atoms with Crippen molar-refractivity contribution in [1.29, 1.82) is 0 Å². The predicted molar refractivity (Wildman–Crippen MR) is 85.7 cm³/mol. The number of ether oxygens (including phenoxy) is 2. The Hall–Kier alpha value is -1.66. The summed E-state index contributed by atoms with van der Waals surface area (Å²) in [6.45, 7) is 0.328. The fourth-order valence-electron chi connectivity index (χ4n) is 1.81. The van der Waals surface area contributed by atoms with Crippen molar-refractivity contribution in [2.24, 2.45) is 0 Å². The van der Waals surface area contributed by atoms with E-state index in [1.807, 2.05) is 30.3 Å². The molecule has 2 rings (SSSR count). The normalized spacial score (nSPS) is 12.2. The van der Waals surface area contributed by atoms with Crippen LogP contribution in [-0.4, -0.2) is 25.2 Å². The van der Waals surface area contributed by atoms with Crippen LogP contribution in [0.4, 0.5) is 0 Å². The monoisotopic (exact) mass is 374 g/mol.